The molecule has 1 aliphatic rings. The maximum absolute atomic E-state index is 13.5. The minimum absolute atomic E-state index is 0.0861. The van der Waals surface area contributed by atoms with Gasteiger partial charge in [-0.15, -0.1) is 0 Å². The van der Waals surface area contributed by atoms with E-state index in [0.717, 1.165) is 13.1 Å². The summed E-state index contributed by atoms with van der Waals surface area (Å²) in [5.74, 6) is -1.81. The molecule has 0 bridgehead atoms. The van der Waals surface area contributed by atoms with E-state index in [1.54, 1.807) is 20.9 Å². The molecule has 1 fully saturated rings. The van der Waals surface area contributed by atoms with Crippen LogP contribution in [0.5, 0.6) is 5.75 Å². The van der Waals surface area contributed by atoms with E-state index in [-0.39, 0.29) is 10.9 Å². The molecule has 1 unspecified atom stereocenters. The molecule has 1 aromatic rings. The van der Waals surface area contributed by atoms with E-state index < -0.39 is 44.4 Å². The highest BCUT2D eigenvalue weighted by molar-refractivity contribution is 7.85. The van der Waals surface area contributed by atoms with E-state index >= 15 is 0 Å². The lowest BCUT2D eigenvalue weighted by Gasteiger charge is -2.38. The normalized spacial score (nSPS) is 18.3. The average Bonchev–Trinajstić information content (AvgIpc) is 2.73. The number of nitrogens with one attached hydrogen (secondary N) is 1. The molecule has 0 saturated carbocycles. The third-order valence-corrected chi connectivity index (χ3v) is 7.80. The van der Waals surface area contributed by atoms with Crippen LogP contribution in [0.4, 0.5) is 0 Å². The van der Waals surface area contributed by atoms with Gasteiger partial charge in [-0.3, -0.25) is 9.59 Å². The Morgan fingerprint density at radius 1 is 1.26 bits per heavy atom. The van der Waals surface area contributed by atoms with Gasteiger partial charge >= 0.3 is 10.0 Å². The highest BCUT2D eigenvalue weighted by atomic mass is 32.2. The number of hydrogen-bond acceptors (Lipinski definition) is 7. The molecule has 2 atom stereocenters. The predicted octanol–water partition coefficient (Wildman–Crippen LogP) is 0.310. The zero-order valence-electron chi connectivity index (χ0n) is 18.4. The molecule has 2 rings (SSSR count). The smallest absolute Gasteiger partial charge is 0.358 e. The number of rotatable bonds is 9. The third kappa shape index (κ3) is 5.17. The summed E-state index contributed by atoms with van der Waals surface area (Å²) in [6.45, 7) is 3.79. The minimum Gasteiger partial charge on any atom is -0.497 e. The second-order valence-electron chi connectivity index (χ2n) is 8.14. The van der Waals surface area contributed by atoms with Crippen LogP contribution in [0.2, 0.25) is 0 Å². The van der Waals surface area contributed by atoms with E-state index in [4.69, 9.17) is 10.5 Å². The number of amides is 2. The first-order valence-corrected chi connectivity index (χ1v) is 11.6. The summed E-state index contributed by atoms with van der Waals surface area (Å²) in [5, 5.41) is 14.7. The molecule has 1 aromatic carbocycles. The third-order valence-electron chi connectivity index (χ3n) is 5.74. The fourth-order valence-electron chi connectivity index (χ4n) is 3.96. The van der Waals surface area contributed by atoms with Crippen molar-refractivity contribution in [3.8, 4) is 5.75 Å². The number of nitrogens with two attached hydrogens (primary N) is 1. The van der Waals surface area contributed by atoms with Crippen LogP contribution in [0.3, 0.4) is 0 Å². The Bertz CT molecular complexity index is 883. The number of carbonyl (C=O) groups excluding carboxylic acids is 2. The molecule has 0 spiro atoms. The first-order chi connectivity index (χ1) is 14.5. The van der Waals surface area contributed by atoms with Gasteiger partial charge in [0.2, 0.25) is 12.6 Å². The molecule has 0 radical (unpaired) electrons. The Balaban J connectivity index is 2.49. The Kier molecular flexibility index (Phi) is 8.04. The van der Waals surface area contributed by atoms with Gasteiger partial charge in [0, 0.05) is 19.0 Å². The largest absolute Gasteiger partial charge is 0.497 e. The predicted molar refractivity (Wildman–Crippen MR) is 114 cm³/mol. The van der Waals surface area contributed by atoms with Gasteiger partial charge in [-0.25, -0.2) is 0 Å². The molecule has 0 aromatic heterocycles. The lowest BCUT2D eigenvalue weighted by Crippen LogP contribution is -2.66. The average molecular weight is 458 g/mol. The Morgan fingerprint density at radius 3 is 2.26 bits per heavy atom. The Hall–Kier alpha value is -2.21. The molecule has 0 aliphatic carbocycles. The van der Waals surface area contributed by atoms with Crippen molar-refractivity contribution in [2.75, 3.05) is 33.8 Å². The van der Waals surface area contributed by atoms with Crippen LogP contribution >= 0.6 is 0 Å². The Morgan fingerprint density at radius 2 is 1.81 bits per heavy atom. The molecular formula is C20H33N4O6S+. The summed E-state index contributed by atoms with van der Waals surface area (Å²) in [7, 11) is -1.58. The van der Waals surface area contributed by atoms with Gasteiger partial charge < -0.3 is 20.7 Å². The van der Waals surface area contributed by atoms with Crippen molar-refractivity contribution in [2.45, 2.75) is 43.7 Å². The van der Waals surface area contributed by atoms with E-state index in [2.05, 4.69) is 5.32 Å². The second kappa shape index (κ2) is 9.94. The van der Waals surface area contributed by atoms with Crippen LogP contribution in [-0.4, -0.2) is 80.3 Å². The zero-order chi connectivity index (χ0) is 23.4. The molecule has 1 saturated heterocycles. The van der Waals surface area contributed by atoms with Crippen LogP contribution in [0.1, 0.15) is 26.7 Å². The number of piperidine rings is 1. The van der Waals surface area contributed by atoms with Crippen molar-refractivity contribution in [1.82, 2.24) is 10.2 Å². The van der Waals surface area contributed by atoms with Crippen molar-refractivity contribution in [3.05, 3.63) is 24.3 Å². The van der Waals surface area contributed by atoms with E-state index in [1.165, 1.54) is 36.3 Å². The Labute approximate surface area is 183 Å². The summed E-state index contributed by atoms with van der Waals surface area (Å²) >= 11 is 0. The zero-order valence-corrected chi connectivity index (χ0v) is 19.3. The quantitative estimate of drug-likeness (QED) is 0.358. The molecule has 10 nitrogen and oxygen atoms in total. The standard InChI is InChI=1S/C20H32N4O6S/c1-14(2)19(20(21)26)24(27,13-18(25)23(3)15-9-11-22-12-10-15)31(28,29)17-7-5-16(30-4)6-8-17/h5-8,14-15,19,22,27H,9-13H2,1-4H3,(H-,21,26)/p+1/t19-,24?/m1/s1. The van der Waals surface area contributed by atoms with Gasteiger partial charge in [-0.05, 0) is 50.2 Å². The molecule has 11 heteroatoms. The number of carbonyl (C=O) groups is 2. The first-order valence-electron chi connectivity index (χ1n) is 10.2. The molecule has 31 heavy (non-hydrogen) atoms. The lowest BCUT2D eigenvalue weighted by molar-refractivity contribution is -1.01. The van der Waals surface area contributed by atoms with Crippen LogP contribution in [-0.2, 0) is 19.6 Å². The van der Waals surface area contributed by atoms with Crippen molar-refractivity contribution < 1.29 is 32.0 Å². The monoisotopic (exact) mass is 457 g/mol. The highest BCUT2D eigenvalue weighted by Crippen LogP contribution is 2.30. The van der Waals surface area contributed by atoms with Crippen LogP contribution in [0.15, 0.2) is 29.2 Å². The SMILES string of the molecule is COc1ccc(S(=O)(=O)[N+](O)(CC(=O)N(C)C2CCNCC2)[C@@H](C(N)=O)C(C)C)cc1. The van der Waals surface area contributed by atoms with E-state index in [1.807, 2.05) is 0 Å². The number of nitrogens with zero attached hydrogens (tertiary/aromatic N) is 2. The summed E-state index contributed by atoms with van der Waals surface area (Å²) in [6.07, 6.45) is 1.42. The number of ether oxygens (including phenoxy) is 1. The van der Waals surface area contributed by atoms with Crippen molar-refractivity contribution in [3.63, 3.8) is 0 Å². The van der Waals surface area contributed by atoms with Gasteiger partial charge in [-0.1, -0.05) is 17.9 Å². The number of quaternary nitrogens is 1. The second-order valence-corrected chi connectivity index (χ2v) is 10.2. The molecule has 4 N–H and O–H groups in total. The molecule has 174 valence electrons. The number of likely N-dealkylation sites (N-methyl/N-ethyl adjacent to an activating group) is 1. The van der Waals surface area contributed by atoms with Crippen LogP contribution < -0.4 is 15.8 Å². The number of hydrogen-bond donors (Lipinski definition) is 3. The minimum atomic E-state index is -4.60. The molecular weight excluding hydrogens is 424 g/mol. The molecule has 1 heterocycles. The van der Waals surface area contributed by atoms with Crippen molar-refractivity contribution in [1.29, 1.82) is 0 Å². The number of benzene rings is 1. The molecule has 2 amide bonds. The molecule has 1 aliphatic heterocycles. The number of primary amides is 1. The lowest BCUT2D eigenvalue weighted by atomic mass is 10.0. The van der Waals surface area contributed by atoms with Gasteiger partial charge in [0.25, 0.3) is 11.8 Å². The number of methoxy groups -OCH3 is 1. The summed E-state index contributed by atoms with van der Waals surface area (Å²) in [5.41, 5.74) is 5.51. The maximum Gasteiger partial charge on any atom is 0.358 e. The fraction of sp³-hybridized carbons (Fsp3) is 0.600. The highest BCUT2D eigenvalue weighted by Gasteiger charge is 2.55. The fourth-order valence-corrected chi connectivity index (χ4v) is 5.73. The van der Waals surface area contributed by atoms with Crippen molar-refractivity contribution >= 4 is 21.8 Å². The number of hydroxylamine groups is 2. The topological polar surface area (TPSA) is 139 Å². The van der Waals surface area contributed by atoms with Crippen LogP contribution in [0.25, 0.3) is 0 Å². The van der Waals surface area contributed by atoms with E-state index in [0.29, 0.717) is 18.6 Å². The van der Waals surface area contributed by atoms with E-state index in [9.17, 15) is 23.2 Å². The first kappa shape index (κ1) is 25.1. The maximum atomic E-state index is 13.5. The van der Waals surface area contributed by atoms with Gasteiger partial charge in [0.05, 0.1) is 7.11 Å². The van der Waals surface area contributed by atoms with Gasteiger partial charge in [0.15, 0.2) is 0 Å². The van der Waals surface area contributed by atoms with Crippen LogP contribution in [0, 0.1) is 5.92 Å². The van der Waals surface area contributed by atoms with Gasteiger partial charge in [-0.2, -0.15) is 13.6 Å². The summed E-state index contributed by atoms with van der Waals surface area (Å²) in [6, 6.07) is 3.74. The van der Waals surface area contributed by atoms with Crippen molar-refractivity contribution in [2.24, 2.45) is 11.7 Å². The number of sulfonamides is 1. The summed E-state index contributed by atoms with van der Waals surface area (Å²) in [4.78, 5) is 26.5. The summed E-state index contributed by atoms with van der Waals surface area (Å²) < 4.78 is 30.3. The van der Waals surface area contributed by atoms with Gasteiger partial charge in [0.1, 0.15) is 10.6 Å².